The number of hydrogen-bond donors (Lipinski definition) is 1. The fourth-order valence-electron chi connectivity index (χ4n) is 2.14. The van der Waals surface area contributed by atoms with Crippen molar-refractivity contribution in [2.24, 2.45) is 0 Å². The van der Waals surface area contributed by atoms with E-state index in [2.05, 4.69) is 35.6 Å². The van der Waals surface area contributed by atoms with Crippen LogP contribution in [0, 0.1) is 5.82 Å². The summed E-state index contributed by atoms with van der Waals surface area (Å²) in [5.74, 6) is 0.713. The summed E-state index contributed by atoms with van der Waals surface area (Å²) in [5.41, 5.74) is 1.49. The molecule has 1 aromatic heterocycles. The second-order valence-corrected chi connectivity index (χ2v) is 5.10. The molecule has 0 saturated heterocycles. The summed E-state index contributed by atoms with van der Waals surface area (Å²) in [6.07, 6.45) is 1.02. The molecule has 2 aromatic rings. The molecule has 2 rings (SSSR count). The first-order valence-corrected chi connectivity index (χ1v) is 6.34. The molecule has 18 heavy (non-hydrogen) atoms. The van der Waals surface area contributed by atoms with Gasteiger partial charge in [-0.3, -0.25) is 0 Å². The third kappa shape index (κ3) is 2.12. The van der Waals surface area contributed by atoms with Crippen LogP contribution in [0.4, 0.5) is 4.39 Å². The minimum atomic E-state index is -0.238. The van der Waals surface area contributed by atoms with Crippen molar-refractivity contribution in [1.29, 1.82) is 0 Å². The molecule has 0 atom stereocenters. The topological polar surface area (TPSA) is 29.9 Å². The second kappa shape index (κ2) is 4.69. The van der Waals surface area contributed by atoms with Crippen LogP contribution in [0.2, 0.25) is 0 Å². The van der Waals surface area contributed by atoms with Gasteiger partial charge in [-0.2, -0.15) is 0 Å². The quantitative estimate of drug-likeness (QED) is 0.902. The van der Waals surface area contributed by atoms with Gasteiger partial charge in [-0.05, 0) is 39.4 Å². The molecule has 0 aliphatic heterocycles. The van der Waals surface area contributed by atoms with Crippen molar-refractivity contribution in [3.63, 3.8) is 0 Å². The van der Waals surface area contributed by atoms with Gasteiger partial charge in [0.1, 0.15) is 11.6 Å². The highest BCUT2D eigenvalue weighted by molar-refractivity contribution is 5.76. The summed E-state index contributed by atoms with van der Waals surface area (Å²) in [6, 6.07) is 4.80. The average molecular weight is 249 g/mol. The van der Waals surface area contributed by atoms with Crippen LogP contribution in [0.3, 0.4) is 0 Å². The zero-order chi connectivity index (χ0) is 13.3. The Hall–Kier alpha value is -1.42. The number of benzene rings is 1. The van der Waals surface area contributed by atoms with Gasteiger partial charge in [0.15, 0.2) is 0 Å². The van der Waals surface area contributed by atoms with Crippen LogP contribution in [0.15, 0.2) is 18.2 Å². The van der Waals surface area contributed by atoms with E-state index in [1.54, 1.807) is 0 Å². The van der Waals surface area contributed by atoms with E-state index in [0.29, 0.717) is 0 Å². The molecule has 0 aliphatic carbocycles. The maximum Gasteiger partial charge on any atom is 0.129 e. The molecule has 4 heteroatoms. The number of fused-ring (bicyclic) bond motifs is 1. The van der Waals surface area contributed by atoms with Crippen molar-refractivity contribution in [1.82, 2.24) is 14.9 Å². The van der Waals surface area contributed by atoms with Crippen molar-refractivity contribution in [2.75, 3.05) is 7.05 Å². The third-order valence-corrected chi connectivity index (χ3v) is 3.34. The van der Waals surface area contributed by atoms with Crippen molar-refractivity contribution in [2.45, 2.75) is 39.3 Å². The van der Waals surface area contributed by atoms with Crippen LogP contribution < -0.4 is 5.32 Å². The summed E-state index contributed by atoms with van der Waals surface area (Å²) < 4.78 is 15.4. The van der Waals surface area contributed by atoms with Gasteiger partial charge in [-0.1, -0.05) is 6.92 Å². The minimum Gasteiger partial charge on any atom is -0.326 e. The fourth-order valence-corrected chi connectivity index (χ4v) is 2.14. The van der Waals surface area contributed by atoms with Crippen molar-refractivity contribution < 1.29 is 4.39 Å². The summed E-state index contributed by atoms with van der Waals surface area (Å²) in [4.78, 5) is 4.60. The smallest absolute Gasteiger partial charge is 0.129 e. The van der Waals surface area contributed by atoms with Crippen LogP contribution in [-0.2, 0) is 12.1 Å². The lowest BCUT2D eigenvalue weighted by Crippen LogP contribution is -2.36. The second-order valence-electron chi connectivity index (χ2n) is 5.10. The number of nitrogens with one attached hydrogen (secondary N) is 1. The van der Waals surface area contributed by atoms with Crippen molar-refractivity contribution in [3.05, 3.63) is 29.8 Å². The lowest BCUT2D eigenvalue weighted by atomic mass is 10.1. The van der Waals surface area contributed by atoms with Crippen LogP contribution in [-0.4, -0.2) is 16.6 Å². The van der Waals surface area contributed by atoms with E-state index in [4.69, 9.17) is 0 Å². The first-order chi connectivity index (χ1) is 8.49. The Labute approximate surface area is 107 Å². The van der Waals surface area contributed by atoms with Crippen LogP contribution >= 0.6 is 0 Å². The van der Waals surface area contributed by atoms with Gasteiger partial charge in [-0.15, -0.1) is 0 Å². The van der Waals surface area contributed by atoms with E-state index in [0.717, 1.165) is 29.8 Å². The molecule has 1 aromatic carbocycles. The predicted molar refractivity (Wildman–Crippen MR) is 72.1 cm³/mol. The zero-order valence-electron chi connectivity index (χ0n) is 11.4. The lowest BCUT2D eigenvalue weighted by molar-refractivity contribution is 0.397. The molecule has 3 nitrogen and oxygen atoms in total. The Morgan fingerprint density at radius 1 is 1.39 bits per heavy atom. The predicted octanol–water partition coefficient (Wildman–Crippen LogP) is 3.04. The Balaban J connectivity index is 2.68. The highest BCUT2D eigenvalue weighted by Crippen LogP contribution is 2.25. The fraction of sp³-hybridized carbons (Fsp3) is 0.500. The third-order valence-electron chi connectivity index (χ3n) is 3.34. The number of nitrogens with zero attached hydrogens (tertiary/aromatic N) is 2. The molecule has 0 spiro atoms. The molecule has 0 aliphatic rings. The molecule has 98 valence electrons. The average Bonchev–Trinajstić information content (AvgIpc) is 2.68. The van der Waals surface area contributed by atoms with E-state index in [9.17, 15) is 4.39 Å². The first kappa shape index (κ1) is 13.0. The van der Waals surface area contributed by atoms with Gasteiger partial charge >= 0.3 is 0 Å². The Bertz CT molecular complexity index is 557. The van der Waals surface area contributed by atoms with Gasteiger partial charge < -0.3 is 9.88 Å². The molecule has 0 saturated carbocycles. The van der Waals surface area contributed by atoms with Crippen molar-refractivity contribution in [3.8, 4) is 0 Å². The highest BCUT2D eigenvalue weighted by atomic mass is 19.1. The maximum absolute atomic E-state index is 13.3. The monoisotopic (exact) mass is 249 g/mol. The largest absolute Gasteiger partial charge is 0.326 e. The van der Waals surface area contributed by atoms with E-state index >= 15 is 0 Å². The molecule has 0 unspecified atom stereocenters. The van der Waals surface area contributed by atoms with E-state index in [-0.39, 0.29) is 11.4 Å². The summed E-state index contributed by atoms with van der Waals surface area (Å²) in [7, 11) is 1.91. The molecule has 0 bridgehead atoms. The Kier molecular flexibility index (Phi) is 3.39. The maximum atomic E-state index is 13.3. The Morgan fingerprint density at radius 3 is 2.72 bits per heavy atom. The zero-order valence-corrected chi connectivity index (χ0v) is 11.4. The van der Waals surface area contributed by atoms with E-state index in [1.807, 2.05) is 13.1 Å². The SMILES string of the molecule is CCCn1c(C(C)(C)NC)nc2cc(F)ccc21. The number of aryl methyl sites for hydroxylation is 1. The number of halogens is 1. The minimum absolute atomic E-state index is 0.231. The van der Waals surface area contributed by atoms with Gasteiger partial charge in [0.05, 0.1) is 16.6 Å². The number of hydrogen-bond acceptors (Lipinski definition) is 2. The van der Waals surface area contributed by atoms with Crippen molar-refractivity contribution >= 4 is 11.0 Å². The number of rotatable bonds is 4. The molecule has 1 N–H and O–H groups in total. The van der Waals surface area contributed by atoms with Gasteiger partial charge in [-0.25, -0.2) is 9.37 Å². The first-order valence-electron chi connectivity index (χ1n) is 6.34. The Morgan fingerprint density at radius 2 is 2.11 bits per heavy atom. The summed E-state index contributed by atoms with van der Waals surface area (Å²) in [6.45, 7) is 7.18. The normalized spacial score (nSPS) is 12.3. The van der Waals surface area contributed by atoms with Crippen LogP contribution in [0.25, 0.3) is 11.0 Å². The molecule has 0 radical (unpaired) electrons. The van der Waals surface area contributed by atoms with Gasteiger partial charge in [0.25, 0.3) is 0 Å². The van der Waals surface area contributed by atoms with E-state index in [1.165, 1.54) is 12.1 Å². The molecule has 1 heterocycles. The van der Waals surface area contributed by atoms with E-state index < -0.39 is 0 Å². The molecule has 0 fully saturated rings. The number of aromatic nitrogens is 2. The summed E-state index contributed by atoms with van der Waals surface area (Å²) >= 11 is 0. The van der Waals surface area contributed by atoms with Gasteiger partial charge in [0, 0.05) is 12.6 Å². The van der Waals surface area contributed by atoms with Crippen LogP contribution in [0.5, 0.6) is 0 Å². The molecule has 0 amide bonds. The summed E-state index contributed by atoms with van der Waals surface area (Å²) in [5, 5.41) is 3.25. The highest BCUT2D eigenvalue weighted by Gasteiger charge is 2.25. The van der Waals surface area contributed by atoms with Gasteiger partial charge in [0.2, 0.25) is 0 Å². The molecular weight excluding hydrogens is 229 g/mol. The standard InChI is InChI=1S/C14H20FN3/c1-5-8-18-12-7-6-10(15)9-11(12)17-13(18)14(2,3)16-4/h6-7,9,16H,5,8H2,1-4H3. The number of imidazole rings is 1. The lowest BCUT2D eigenvalue weighted by Gasteiger charge is -2.24. The molecular formula is C14H20FN3. The van der Waals surface area contributed by atoms with Crippen LogP contribution in [0.1, 0.15) is 33.0 Å².